The van der Waals surface area contributed by atoms with E-state index in [9.17, 15) is 9.59 Å². The van der Waals surface area contributed by atoms with Crippen LogP contribution in [0.15, 0.2) is 31.1 Å². The van der Waals surface area contributed by atoms with Crippen LogP contribution in [0.25, 0.3) is 0 Å². The fraction of sp³-hybridized carbons (Fsp3) is 0.250. The molecule has 4 nitrogen and oxygen atoms in total. The van der Waals surface area contributed by atoms with Crippen molar-refractivity contribution in [2.75, 3.05) is 11.4 Å². The smallest absolute Gasteiger partial charge is 0.227 e. The molecule has 0 radical (unpaired) electrons. The van der Waals surface area contributed by atoms with E-state index in [4.69, 9.17) is 0 Å². The maximum Gasteiger partial charge on any atom is 0.227 e. The standard InChI is InChI=1S/C12H12N2O2/c1-2-9-5-12(16)14(7-9)11-3-4-13-6-10(11)8-15/h2-4,6,8-9H,1,5,7H2. The summed E-state index contributed by atoms with van der Waals surface area (Å²) in [5.74, 6) is 0.194. The van der Waals surface area contributed by atoms with Crippen LogP contribution in [-0.4, -0.2) is 23.7 Å². The number of amides is 1. The first-order valence-corrected chi connectivity index (χ1v) is 5.08. The molecular weight excluding hydrogens is 204 g/mol. The van der Waals surface area contributed by atoms with E-state index in [-0.39, 0.29) is 11.8 Å². The highest BCUT2D eigenvalue weighted by Gasteiger charge is 2.29. The predicted octanol–water partition coefficient (Wildman–Crippen LogP) is 1.43. The van der Waals surface area contributed by atoms with Gasteiger partial charge in [0.2, 0.25) is 5.91 Å². The number of aromatic nitrogens is 1. The fourth-order valence-electron chi connectivity index (χ4n) is 1.86. The number of hydrogen-bond acceptors (Lipinski definition) is 3. The number of carbonyl (C=O) groups excluding carboxylic acids is 2. The number of aldehydes is 1. The fourth-order valence-corrected chi connectivity index (χ4v) is 1.86. The lowest BCUT2D eigenvalue weighted by Gasteiger charge is -2.17. The summed E-state index contributed by atoms with van der Waals surface area (Å²) in [6.07, 6.45) is 6.01. The highest BCUT2D eigenvalue weighted by molar-refractivity contribution is 6.00. The second kappa shape index (κ2) is 4.26. The number of pyridine rings is 1. The lowest BCUT2D eigenvalue weighted by atomic mass is 10.1. The quantitative estimate of drug-likeness (QED) is 0.567. The van der Waals surface area contributed by atoms with Gasteiger partial charge in [0.05, 0.1) is 11.3 Å². The zero-order valence-electron chi connectivity index (χ0n) is 8.80. The molecule has 1 aliphatic heterocycles. The Kier molecular flexibility index (Phi) is 2.81. The van der Waals surface area contributed by atoms with Gasteiger partial charge in [-0.1, -0.05) is 6.08 Å². The predicted molar refractivity (Wildman–Crippen MR) is 60.3 cm³/mol. The van der Waals surface area contributed by atoms with Gasteiger partial charge in [-0.3, -0.25) is 14.6 Å². The van der Waals surface area contributed by atoms with Crippen molar-refractivity contribution >= 4 is 17.9 Å². The van der Waals surface area contributed by atoms with Crippen LogP contribution in [0.3, 0.4) is 0 Å². The molecule has 2 heterocycles. The van der Waals surface area contributed by atoms with Crippen molar-refractivity contribution in [1.29, 1.82) is 0 Å². The first-order valence-electron chi connectivity index (χ1n) is 5.08. The highest BCUT2D eigenvalue weighted by Crippen LogP contribution is 2.27. The molecule has 2 rings (SSSR count). The van der Waals surface area contributed by atoms with Gasteiger partial charge in [-0.2, -0.15) is 0 Å². The minimum atomic E-state index is 0.0270. The van der Waals surface area contributed by atoms with Crippen LogP contribution in [0.4, 0.5) is 5.69 Å². The summed E-state index contributed by atoms with van der Waals surface area (Å²) in [6.45, 7) is 4.28. The largest absolute Gasteiger partial charge is 0.311 e. The van der Waals surface area contributed by atoms with E-state index in [1.807, 2.05) is 0 Å². The van der Waals surface area contributed by atoms with Gasteiger partial charge in [0.1, 0.15) is 0 Å². The number of nitrogens with zero attached hydrogens (tertiary/aromatic N) is 2. The molecular formula is C12H12N2O2. The number of rotatable bonds is 3. The highest BCUT2D eigenvalue weighted by atomic mass is 16.2. The third-order valence-electron chi connectivity index (χ3n) is 2.73. The molecule has 1 unspecified atom stereocenters. The van der Waals surface area contributed by atoms with Crippen LogP contribution in [0, 0.1) is 5.92 Å². The van der Waals surface area contributed by atoms with Crippen molar-refractivity contribution in [3.63, 3.8) is 0 Å². The van der Waals surface area contributed by atoms with Crippen molar-refractivity contribution in [3.05, 3.63) is 36.7 Å². The summed E-state index contributed by atoms with van der Waals surface area (Å²) in [5.41, 5.74) is 1.08. The molecule has 82 valence electrons. The molecule has 1 fully saturated rings. The Morgan fingerprint density at radius 2 is 2.38 bits per heavy atom. The van der Waals surface area contributed by atoms with Crippen molar-refractivity contribution in [2.45, 2.75) is 6.42 Å². The molecule has 1 aromatic heterocycles. The Bertz CT molecular complexity index is 442. The van der Waals surface area contributed by atoms with Crippen LogP contribution >= 0.6 is 0 Å². The topological polar surface area (TPSA) is 50.3 Å². The lowest BCUT2D eigenvalue weighted by Crippen LogP contribution is -2.25. The second-order valence-electron chi connectivity index (χ2n) is 3.76. The van der Waals surface area contributed by atoms with Gasteiger partial charge in [-0.15, -0.1) is 6.58 Å². The number of hydrogen-bond donors (Lipinski definition) is 0. The van der Waals surface area contributed by atoms with E-state index in [1.54, 1.807) is 23.2 Å². The first-order chi connectivity index (χ1) is 7.76. The Labute approximate surface area is 93.6 Å². The van der Waals surface area contributed by atoms with Crippen LogP contribution in [-0.2, 0) is 4.79 Å². The van der Waals surface area contributed by atoms with Gasteiger partial charge in [0, 0.05) is 31.3 Å². The van der Waals surface area contributed by atoms with E-state index >= 15 is 0 Å². The molecule has 1 aliphatic rings. The van der Waals surface area contributed by atoms with Crippen LogP contribution in [0.1, 0.15) is 16.8 Å². The molecule has 0 saturated carbocycles. The van der Waals surface area contributed by atoms with Crippen molar-refractivity contribution < 1.29 is 9.59 Å². The van der Waals surface area contributed by atoms with Gasteiger partial charge < -0.3 is 4.90 Å². The van der Waals surface area contributed by atoms with E-state index in [0.29, 0.717) is 24.2 Å². The van der Waals surface area contributed by atoms with Crippen LogP contribution in [0.2, 0.25) is 0 Å². The van der Waals surface area contributed by atoms with E-state index < -0.39 is 0 Å². The van der Waals surface area contributed by atoms with Gasteiger partial charge in [-0.05, 0) is 6.07 Å². The normalized spacial score (nSPS) is 19.9. The molecule has 1 aromatic rings. The molecule has 0 spiro atoms. The summed E-state index contributed by atoms with van der Waals surface area (Å²) in [4.78, 5) is 28.1. The molecule has 4 heteroatoms. The van der Waals surface area contributed by atoms with E-state index in [2.05, 4.69) is 11.6 Å². The van der Waals surface area contributed by atoms with Crippen LogP contribution < -0.4 is 4.90 Å². The Balaban J connectivity index is 2.34. The van der Waals surface area contributed by atoms with Crippen molar-refractivity contribution in [3.8, 4) is 0 Å². The third kappa shape index (κ3) is 1.74. The number of anilines is 1. The summed E-state index contributed by atoms with van der Waals surface area (Å²) in [6, 6.07) is 1.69. The van der Waals surface area contributed by atoms with Crippen molar-refractivity contribution in [1.82, 2.24) is 4.98 Å². The van der Waals surface area contributed by atoms with Gasteiger partial charge in [-0.25, -0.2) is 0 Å². The maximum atomic E-state index is 11.8. The molecule has 0 aromatic carbocycles. The summed E-state index contributed by atoms with van der Waals surface area (Å²) >= 11 is 0. The van der Waals surface area contributed by atoms with Gasteiger partial charge >= 0.3 is 0 Å². The average Bonchev–Trinajstić information content (AvgIpc) is 2.70. The summed E-state index contributed by atoms with van der Waals surface area (Å²) in [5, 5.41) is 0. The lowest BCUT2D eigenvalue weighted by molar-refractivity contribution is -0.117. The van der Waals surface area contributed by atoms with Crippen molar-refractivity contribution in [2.24, 2.45) is 5.92 Å². The number of carbonyl (C=O) groups is 2. The molecule has 16 heavy (non-hydrogen) atoms. The van der Waals surface area contributed by atoms with Gasteiger partial charge in [0.25, 0.3) is 0 Å². The molecule has 1 atom stereocenters. The Morgan fingerprint density at radius 3 is 3.00 bits per heavy atom. The van der Waals surface area contributed by atoms with E-state index in [0.717, 1.165) is 6.29 Å². The van der Waals surface area contributed by atoms with E-state index in [1.165, 1.54) is 6.20 Å². The Hall–Kier alpha value is -1.97. The second-order valence-corrected chi connectivity index (χ2v) is 3.76. The molecule has 1 amide bonds. The maximum absolute atomic E-state index is 11.8. The zero-order chi connectivity index (χ0) is 11.5. The minimum Gasteiger partial charge on any atom is -0.311 e. The summed E-state index contributed by atoms with van der Waals surface area (Å²) in [7, 11) is 0. The summed E-state index contributed by atoms with van der Waals surface area (Å²) < 4.78 is 0. The molecule has 0 N–H and O–H groups in total. The monoisotopic (exact) mass is 216 g/mol. The van der Waals surface area contributed by atoms with Gasteiger partial charge in [0.15, 0.2) is 6.29 Å². The first kappa shape index (κ1) is 10.5. The zero-order valence-corrected chi connectivity index (χ0v) is 8.80. The average molecular weight is 216 g/mol. The minimum absolute atomic E-state index is 0.0270. The molecule has 1 saturated heterocycles. The Morgan fingerprint density at radius 1 is 1.56 bits per heavy atom. The van der Waals surface area contributed by atoms with Crippen LogP contribution in [0.5, 0.6) is 0 Å². The molecule has 0 bridgehead atoms. The third-order valence-corrected chi connectivity index (χ3v) is 2.73. The SMILES string of the molecule is C=CC1CC(=O)N(c2ccncc2C=O)C1. The molecule has 0 aliphatic carbocycles.